The Balaban J connectivity index is 1.69. The second kappa shape index (κ2) is 9.55. The minimum atomic E-state index is -0.111. The summed E-state index contributed by atoms with van der Waals surface area (Å²) in [6.45, 7) is 0.766. The molecule has 1 aromatic heterocycles. The van der Waals surface area contributed by atoms with Crippen LogP contribution in [0.2, 0.25) is 5.02 Å². The number of carbonyl (C=O) groups is 1. The second-order valence-electron chi connectivity index (χ2n) is 5.84. The standard InChI is InChI=1S/C21H20ClNO3S/c1-25-18-10-8-17(9-11-18)23(13-19-6-4-12-27-19)21(24)15-26-14-16-5-2-3-7-20(16)22/h2-12H,13-15H2,1H3. The van der Waals surface area contributed by atoms with Crippen molar-refractivity contribution in [3.05, 3.63) is 81.5 Å². The third-order valence-electron chi connectivity index (χ3n) is 4.02. The molecule has 0 aliphatic carbocycles. The number of halogens is 1. The average Bonchev–Trinajstić information content (AvgIpc) is 3.21. The molecule has 0 aliphatic rings. The third kappa shape index (κ3) is 5.32. The number of hydrogen-bond donors (Lipinski definition) is 0. The number of methoxy groups -OCH3 is 1. The Labute approximate surface area is 167 Å². The van der Waals surface area contributed by atoms with Gasteiger partial charge in [0.15, 0.2) is 0 Å². The normalized spacial score (nSPS) is 10.6. The maximum absolute atomic E-state index is 12.8. The SMILES string of the molecule is COc1ccc(N(Cc2cccs2)C(=O)COCc2ccccc2Cl)cc1. The molecule has 0 saturated carbocycles. The maximum atomic E-state index is 12.8. The van der Waals surface area contributed by atoms with E-state index in [2.05, 4.69) is 0 Å². The van der Waals surface area contributed by atoms with Gasteiger partial charge in [0, 0.05) is 15.6 Å². The summed E-state index contributed by atoms with van der Waals surface area (Å²) in [4.78, 5) is 15.7. The number of benzene rings is 2. The van der Waals surface area contributed by atoms with Crippen molar-refractivity contribution in [2.75, 3.05) is 18.6 Å². The van der Waals surface area contributed by atoms with Gasteiger partial charge in [-0.05, 0) is 47.3 Å². The fourth-order valence-electron chi connectivity index (χ4n) is 2.59. The van der Waals surface area contributed by atoms with Crippen LogP contribution in [0.5, 0.6) is 5.75 Å². The van der Waals surface area contributed by atoms with Crippen LogP contribution in [0.25, 0.3) is 0 Å². The largest absolute Gasteiger partial charge is 0.497 e. The highest BCUT2D eigenvalue weighted by molar-refractivity contribution is 7.09. The Morgan fingerprint density at radius 3 is 2.52 bits per heavy atom. The number of anilines is 1. The van der Waals surface area contributed by atoms with Crippen LogP contribution in [0.15, 0.2) is 66.0 Å². The Morgan fingerprint density at radius 1 is 1.07 bits per heavy atom. The quantitative estimate of drug-likeness (QED) is 0.523. The summed E-state index contributed by atoms with van der Waals surface area (Å²) in [5.74, 6) is 0.637. The van der Waals surface area contributed by atoms with Crippen molar-refractivity contribution >= 4 is 34.5 Å². The van der Waals surface area contributed by atoms with E-state index in [0.29, 0.717) is 18.2 Å². The highest BCUT2D eigenvalue weighted by atomic mass is 35.5. The molecule has 27 heavy (non-hydrogen) atoms. The Kier molecular flexibility index (Phi) is 6.87. The van der Waals surface area contributed by atoms with E-state index in [4.69, 9.17) is 21.1 Å². The first-order chi connectivity index (χ1) is 13.2. The van der Waals surface area contributed by atoms with Crippen molar-refractivity contribution in [1.82, 2.24) is 0 Å². The summed E-state index contributed by atoms with van der Waals surface area (Å²) in [5, 5.41) is 2.63. The van der Waals surface area contributed by atoms with E-state index in [1.807, 2.05) is 66.0 Å². The van der Waals surface area contributed by atoms with Gasteiger partial charge in [-0.2, -0.15) is 0 Å². The van der Waals surface area contributed by atoms with E-state index < -0.39 is 0 Å². The van der Waals surface area contributed by atoms with Crippen LogP contribution in [0, 0.1) is 0 Å². The van der Waals surface area contributed by atoms with E-state index in [1.165, 1.54) is 0 Å². The van der Waals surface area contributed by atoms with Gasteiger partial charge in [-0.1, -0.05) is 35.9 Å². The van der Waals surface area contributed by atoms with Crippen LogP contribution in [0.4, 0.5) is 5.69 Å². The lowest BCUT2D eigenvalue weighted by molar-refractivity contribution is -0.123. The van der Waals surface area contributed by atoms with Gasteiger partial charge in [0.05, 0.1) is 20.3 Å². The molecular weight excluding hydrogens is 382 g/mol. The summed E-state index contributed by atoms with van der Waals surface area (Å²) in [5.41, 5.74) is 1.66. The van der Waals surface area contributed by atoms with Gasteiger partial charge in [0.2, 0.25) is 0 Å². The topological polar surface area (TPSA) is 38.8 Å². The van der Waals surface area contributed by atoms with Gasteiger partial charge < -0.3 is 14.4 Å². The summed E-state index contributed by atoms with van der Waals surface area (Å²) in [7, 11) is 1.62. The summed E-state index contributed by atoms with van der Waals surface area (Å²) in [6.07, 6.45) is 0. The van der Waals surface area contributed by atoms with E-state index in [1.54, 1.807) is 23.3 Å². The first kappa shape index (κ1) is 19.4. The highest BCUT2D eigenvalue weighted by Crippen LogP contribution is 2.23. The van der Waals surface area contributed by atoms with Crippen molar-refractivity contribution in [3.63, 3.8) is 0 Å². The molecule has 0 saturated heterocycles. The number of hydrogen-bond acceptors (Lipinski definition) is 4. The molecule has 0 radical (unpaired) electrons. The Bertz CT molecular complexity index is 865. The lowest BCUT2D eigenvalue weighted by atomic mass is 10.2. The molecule has 0 unspecified atom stereocenters. The van der Waals surface area contributed by atoms with Gasteiger partial charge in [-0.15, -0.1) is 11.3 Å². The number of nitrogens with zero attached hydrogens (tertiary/aromatic N) is 1. The number of carbonyl (C=O) groups excluding carboxylic acids is 1. The molecule has 2 aromatic carbocycles. The second-order valence-corrected chi connectivity index (χ2v) is 7.28. The monoisotopic (exact) mass is 401 g/mol. The molecule has 3 aromatic rings. The van der Waals surface area contributed by atoms with Crippen LogP contribution >= 0.6 is 22.9 Å². The van der Waals surface area contributed by atoms with Gasteiger partial charge in [0.25, 0.3) is 5.91 Å². The fraction of sp³-hybridized carbons (Fsp3) is 0.190. The lowest BCUT2D eigenvalue weighted by Crippen LogP contribution is -2.33. The van der Waals surface area contributed by atoms with Crippen LogP contribution < -0.4 is 9.64 Å². The molecule has 0 spiro atoms. The molecule has 1 amide bonds. The van der Waals surface area contributed by atoms with E-state index in [0.717, 1.165) is 21.9 Å². The molecule has 0 bridgehead atoms. The lowest BCUT2D eigenvalue weighted by Gasteiger charge is -2.22. The smallest absolute Gasteiger partial charge is 0.253 e. The van der Waals surface area contributed by atoms with Gasteiger partial charge in [-0.3, -0.25) is 4.79 Å². The molecular formula is C21H20ClNO3S. The molecule has 0 atom stereocenters. The molecule has 0 aliphatic heterocycles. The molecule has 0 fully saturated rings. The van der Waals surface area contributed by atoms with E-state index in [-0.39, 0.29) is 12.5 Å². The maximum Gasteiger partial charge on any atom is 0.253 e. The van der Waals surface area contributed by atoms with Gasteiger partial charge in [-0.25, -0.2) is 0 Å². The number of amides is 1. The van der Waals surface area contributed by atoms with Crippen LogP contribution in [-0.2, 0) is 22.7 Å². The minimum Gasteiger partial charge on any atom is -0.497 e. The zero-order valence-electron chi connectivity index (χ0n) is 14.9. The minimum absolute atomic E-state index is 0.0252. The predicted molar refractivity (Wildman–Crippen MR) is 110 cm³/mol. The summed E-state index contributed by atoms with van der Waals surface area (Å²) in [6, 6.07) is 18.9. The zero-order valence-corrected chi connectivity index (χ0v) is 16.5. The predicted octanol–water partition coefficient (Wildman–Crippen LogP) is 5.16. The van der Waals surface area contributed by atoms with Crippen LogP contribution in [-0.4, -0.2) is 19.6 Å². The molecule has 140 valence electrons. The highest BCUT2D eigenvalue weighted by Gasteiger charge is 2.17. The summed E-state index contributed by atoms with van der Waals surface area (Å²) < 4.78 is 10.8. The fourth-order valence-corrected chi connectivity index (χ4v) is 3.47. The first-order valence-corrected chi connectivity index (χ1v) is 9.71. The third-order valence-corrected chi connectivity index (χ3v) is 5.25. The molecule has 1 heterocycles. The number of ether oxygens (including phenoxy) is 2. The van der Waals surface area contributed by atoms with E-state index in [9.17, 15) is 4.79 Å². The van der Waals surface area contributed by atoms with Crippen LogP contribution in [0.1, 0.15) is 10.4 Å². The van der Waals surface area contributed by atoms with Crippen molar-refractivity contribution in [2.24, 2.45) is 0 Å². The number of rotatable bonds is 8. The molecule has 3 rings (SSSR count). The van der Waals surface area contributed by atoms with Crippen molar-refractivity contribution in [2.45, 2.75) is 13.2 Å². The first-order valence-electron chi connectivity index (χ1n) is 8.45. The van der Waals surface area contributed by atoms with Crippen molar-refractivity contribution in [1.29, 1.82) is 0 Å². The average molecular weight is 402 g/mol. The summed E-state index contributed by atoms with van der Waals surface area (Å²) >= 11 is 7.75. The van der Waals surface area contributed by atoms with E-state index >= 15 is 0 Å². The van der Waals surface area contributed by atoms with Gasteiger partial charge >= 0.3 is 0 Å². The zero-order chi connectivity index (χ0) is 19.1. The van der Waals surface area contributed by atoms with Crippen LogP contribution in [0.3, 0.4) is 0 Å². The van der Waals surface area contributed by atoms with Crippen molar-refractivity contribution in [3.8, 4) is 5.75 Å². The van der Waals surface area contributed by atoms with Gasteiger partial charge in [0.1, 0.15) is 12.4 Å². The Hall–Kier alpha value is -2.34. The molecule has 0 N–H and O–H groups in total. The Morgan fingerprint density at radius 2 is 1.85 bits per heavy atom. The number of thiophene rings is 1. The molecule has 6 heteroatoms. The molecule has 4 nitrogen and oxygen atoms in total. The van der Waals surface area contributed by atoms with Crippen molar-refractivity contribution < 1.29 is 14.3 Å².